The highest BCUT2D eigenvalue weighted by molar-refractivity contribution is 5.20. The summed E-state index contributed by atoms with van der Waals surface area (Å²) >= 11 is 0. The molecule has 1 aromatic rings. The van der Waals surface area contributed by atoms with Crippen LogP contribution in [0.1, 0.15) is 44.7 Å². The summed E-state index contributed by atoms with van der Waals surface area (Å²) in [5, 5.41) is 0. The molecule has 0 saturated heterocycles. The predicted octanol–water partition coefficient (Wildman–Crippen LogP) is 4.18. The second-order valence-electron chi connectivity index (χ2n) is 4.94. The third-order valence-electron chi connectivity index (χ3n) is 3.74. The Morgan fingerprint density at radius 1 is 1.24 bits per heavy atom. The average Bonchev–Trinajstić information content (AvgIpc) is 2.35. The number of hydrogen-bond donors (Lipinski definition) is 0. The maximum Gasteiger partial charge on any atom is 0.0382 e. The van der Waals surface area contributed by atoms with E-state index in [0.29, 0.717) is 6.04 Å². The van der Waals surface area contributed by atoms with Gasteiger partial charge in [0.05, 0.1) is 0 Å². The maximum atomic E-state index is 2.61. The van der Waals surface area contributed by atoms with Crippen LogP contribution in [0.3, 0.4) is 0 Å². The molecule has 0 aromatic heterocycles. The lowest BCUT2D eigenvalue weighted by atomic mass is 9.97. The first-order valence-corrected chi connectivity index (χ1v) is 6.76. The van der Waals surface area contributed by atoms with E-state index >= 15 is 0 Å². The van der Waals surface area contributed by atoms with Gasteiger partial charge in [-0.25, -0.2) is 0 Å². The van der Waals surface area contributed by atoms with Crippen molar-refractivity contribution in [1.82, 2.24) is 4.90 Å². The van der Waals surface area contributed by atoms with Crippen LogP contribution in [0.25, 0.3) is 0 Å². The van der Waals surface area contributed by atoms with Gasteiger partial charge in [0.25, 0.3) is 0 Å². The Hall–Kier alpha value is -1.08. The molecule has 0 spiro atoms. The summed E-state index contributed by atoms with van der Waals surface area (Å²) < 4.78 is 0. The largest absolute Gasteiger partial charge is 0.296 e. The van der Waals surface area contributed by atoms with E-state index in [-0.39, 0.29) is 0 Å². The average molecular weight is 229 g/mol. The number of benzene rings is 1. The third-order valence-corrected chi connectivity index (χ3v) is 3.74. The van der Waals surface area contributed by atoms with Gasteiger partial charge in [-0.15, -0.1) is 0 Å². The fourth-order valence-corrected chi connectivity index (χ4v) is 2.68. The molecule has 0 amide bonds. The molecule has 1 nitrogen and oxygen atoms in total. The Morgan fingerprint density at radius 3 is 2.71 bits per heavy atom. The van der Waals surface area contributed by atoms with Gasteiger partial charge in [-0.3, -0.25) is 4.90 Å². The minimum atomic E-state index is 0.566. The van der Waals surface area contributed by atoms with Crippen LogP contribution in [0.4, 0.5) is 0 Å². The van der Waals surface area contributed by atoms with E-state index in [1.807, 2.05) is 0 Å². The highest BCUT2D eigenvalue weighted by Gasteiger charge is 2.19. The van der Waals surface area contributed by atoms with Gasteiger partial charge < -0.3 is 0 Å². The SMILES string of the molecule is CCN1CCCC(C)=CCC1c1ccccc1. The molecule has 1 aliphatic rings. The van der Waals surface area contributed by atoms with Gasteiger partial charge in [-0.05, 0) is 44.8 Å². The summed E-state index contributed by atoms with van der Waals surface area (Å²) in [6.07, 6.45) is 6.14. The van der Waals surface area contributed by atoms with Gasteiger partial charge in [-0.2, -0.15) is 0 Å². The smallest absolute Gasteiger partial charge is 0.0382 e. The van der Waals surface area contributed by atoms with Crippen molar-refractivity contribution in [3.63, 3.8) is 0 Å². The quantitative estimate of drug-likeness (QED) is 0.688. The van der Waals surface area contributed by atoms with E-state index in [2.05, 4.69) is 55.2 Å². The lowest BCUT2D eigenvalue weighted by molar-refractivity contribution is 0.202. The van der Waals surface area contributed by atoms with E-state index in [4.69, 9.17) is 0 Å². The zero-order chi connectivity index (χ0) is 12.1. The van der Waals surface area contributed by atoms with Crippen LogP contribution in [-0.2, 0) is 0 Å². The Labute approximate surface area is 105 Å². The second-order valence-corrected chi connectivity index (χ2v) is 4.94. The lowest BCUT2D eigenvalue weighted by Crippen LogP contribution is -2.30. The normalized spacial score (nSPS) is 22.7. The van der Waals surface area contributed by atoms with Crippen molar-refractivity contribution >= 4 is 0 Å². The fourth-order valence-electron chi connectivity index (χ4n) is 2.68. The molecule has 0 N–H and O–H groups in total. The number of hydrogen-bond acceptors (Lipinski definition) is 1. The molecule has 0 fully saturated rings. The summed E-state index contributed by atoms with van der Waals surface area (Å²) in [6, 6.07) is 11.5. The van der Waals surface area contributed by atoms with E-state index in [0.717, 1.165) is 13.0 Å². The zero-order valence-electron chi connectivity index (χ0n) is 11.0. The number of nitrogens with zero attached hydrogens (tertiary/aromatic N) is 1. The highest BCUT2D eigenvalue weighted by Crippen LogP contribution is 2.28. The van der Waals surface area contributed by atoms with Crippen molar-refractivity contribution in [3.05, 3.63) is 47.5 Å². The second kappa shape index (κ2) is 6.02. The Bertz CT molecular complexity index is 366. The summed E-state index contributed by atoms with van der Waals surface area (Å²) in [7, 11) is 0. The van der Waals surface area contributed by atoms with Crippen molar-refractivity contribution in [1.29, 1.82) is 0 Å². The molecule has 0 aliphatic carbocycles. The lowest BCUT2D eigenvalue weighted by Gasteiger charge is -2.32. The molecule has 2 rings (SSSR count). The van der Waals surface area contributed by atoms with E-state index in [1.165, 1.54) is 24.9 Å². The first-order valence-electron chi connectivity index (χ1n) is 6.76. The van der Waals surface area contributed by atoms with Gasteiger partial charge in [0, 0.05) is 6.04 Å². The van der Waals surface area contributed by atoms with Crippen LogP contribution < -0.4 is 0 Å². The van der Waals surface area contributed by atoms with Gasteiger partial charge in [0.2, 0.25) is 0 Å². The van der Waals surface area contributed by atoms with Crippen molar-refractivity contribution in [2.45, 2.75) is 39.2 Å². The third kappa shape index (κ3) is 3.19. The molecule has 1 atom stereocenters. The molecule has 1 heterocycles. The minimum Gasteiger partial charge on any atom is -0.296 e. The number of allylic oxidation sites excluding steroid dienone is 1. The molecule has 0 saturated carbocycles. The molecule has 0 bridgehead atoms. The standard InChI is InChI=1S/C16H23N/c1-3-17-13-7-8-14(2)11-12-16(17)15-9-5-4-6-10-15/h4-6,9-11,16H,3,7-8,12-13H2,1-2H3. The van der Waals surface area contributed by atoms with Gasteiger partial charge in [-0.1, -0.05) is 48.9 Å². The van der Waals surface area contributed by atoms with Crippen molar-refractivity contribution in [2.75, 3.05) is 13.1 Å². The summed E-state index contributed by atoms with van der Waals surface area (Å²) in [6.45, 7) is 6.91. The van der Waals surface area contributed by atoms with Gasteiger partial charge in [0.15, 0.2) is 0 Å². The monoisotopic (exact) mass is 229 g/mol. The van der Waals surface area contributed by atoms with Crippen LogP contribution in [-0.4, -0.2) is 18.0 Å². The van der Waals surface area contributed by atoms with Crippen LogP contribution >= 0.6 is 0 Å². The molecule has 0 radical (unpaired) electrons. The van der Waals surface area contributed by atoms with Crippen LogP contribution in [0.5, 0.6) is 0 Å². The van der Waals surface area contributed by atoms with Crippen LogP contribution in [0.15, 0.2) is 42.0 Å². The van der Waals surface area contributed by atoms with Gasteiger partial charge in [0.1, 0.15) is 0 Å². The van der Waals surface area contributed by atoms with E-state index in [1.54, 1.807) is 5.57 Å². The molecular weight excluding hydrogens is 206 g/mol. The zero-order valence-corrected chi connectivity index (χ0v) is 11.0. The molecular formula is C16H23N. The van der Waals surface area contributed by atoms with Crippen LogP contribution in [0, 0.1) is 0 Å². The predicted molar refractivity (Wildman–Crippen MR) is 74.0 cm³/mol. The van der Waals surface area contributed by atoms with Crippen LogP contribution in [0.2, 0.25) is 0 Å². The minimum absolute atomic E-state index is 0.566. The number of rotatable bonds is 2. The summed E-state index contributed by atoms with van der Waals surface area (Å²) in [5.41, 5.74) is 3.02. The van der Waals surface area contributed by atoms with Crippen molar-refractivity contribution in [3.8, 4) is 0 Å². The highest BCUT2D eigenvalue weighted by atomic mass is 15.1. The van der Waals surface area contributed by atoms with E-state index in [9.17, 15) is 0 Å². The molecule has 1 heteroatoms. The molecule has 1 aromatic carbocycles. The molecule has 1 aliphatic heterocycles. The first-order chi connectivity index (χ1) is 8.31. The van der Waals surface area contributed by atoms with Crippen molar-refractivity contribution < 1.29 is 0 Å². The van der Waals surface area contributed by atoms with E-state index < -0.39 is 0 Å². The Balaban J connectivity index is 2.23. The summed E-state index contributed by atoms with van der Waals surface area (Å²) in [5.74, 6) is 0. The Morgan fingerprint density at radius 2 is 2.00 bits per heavy atom. The molecule has 17 heavy (non-hydrogen) atoms. The van der Waals surface area contributed by atoms with Crippen molar-refractivity contribution in [2.24, 2.45) is 0 Å². The molecule has 92 valence electrons. The summed E-state index contributed by atoms with van der Waals surface area (Å²) in [4.78, 5) is 2.61. The maximum absolute atomic E-state index is 2.61. The topological polar surface area (TPSA) is 3.24 Å². The van der Waals surface area contributed by atoms with Gasteiger partial charge >= 0.3 is 0 Å². The fraction of sp³-hybridized carbons (Fsp3) is 0.500. The molecule has 1 unspecified atom stereocenters. The Kier molecular flexibility index (Phi) is 4.38. The first kappa shape index (κ1) is 12.4.